The Morgan fingerprint density at radius 1 is 0.364 bits per heavy atom. The van der Waals surface area contributed by atoms with Crippen LogP contribution in [0.15, 0.2) is 91.0 Å². The van der Waals surface area contributed by atoms with Crippen LogP contribution in [0.3, 0.4) is 0 Å². The molecule has 9 rings (SSSR count). The van der Waals surface area contributed by atoms with Gasteiger partial charge in [-0.1, -0.05) is 78.9 Å². The van der Waals surface area contributed by atoms with Crippen LogP contribution in [0.1, 0.15) is 0 Å². The summed E-state index contributed by atoms with van der Waals surface area (Å²) in [6.07, 6.45) is 0. The maximum Gasteiger partial charge on any atom is 0.0784 e. The Kier molecular flexibility index (Phi) is 2.59. The van der Waals surface area contributed by atoms with Gasteiger partial charge in [0.1, 0.15) is 0 Å². The van der Waals surface area contributed by atoms with Crippen molar-refractivity contribution in [2.24, 2.45) is 0 Å². The zero-order chi connectivity index (χ0) is 21.3. The second kappa shape index (κ2) is 5.28. The summed E-state index contributed by atoms with van der Waals surface area (Å²) >= 11 is 0. The summed E-state index contributed by atoms with van der Waals surface area (Å²) in [7, 11) is 0. The van der Waals surface area contributed by atoms with Crippen LogP contribution in [0.25, 0.3) is 81.7 Å². The number of nitrogens with zero attached hydrogens (tertiary/aromatic N) is 1. The normalized spacial score (nSPS) is 12.8. The molecule has 0 aliphatic carbocycles. The Hall–Kier alpha value is -4.50. The average Bonchev–Trinajstić information content (AvgIpc) is 3.59. The fourth-order valence-corrected chi connectivity index (χ4v) is 6.26. The number of hydrogen-bond acceptors (Lipinski definition) is 0. The second-order valence-electron chi connectivity index (χ2n) is 9.15. The van der Waals surface area contributed by atoms with Gasteiger partial charge in [-0.05, 0) is 12.1 Å². The summed E-state index contributed by atoms with van der Waals surface area (Å²) < 4.78 is 2.50. The van der Waals surface area contributed by atoms with Gasteiger partial charge in [-0.15, -0.1) is 0 Å². The van der Waals surface area contributed by atoms with Gasteiger partial charge in [-0.3, -0.25) is 0 Å². The highest BCUT2D eigenvalue weighted by molar-refractivity contribution is 6.31. The Morgan fingerprint density at radius 2 is 0.788 bits per heavy atom. The van der Waals surface area contributed by atoms with Gasteiger partial charge in [0.2, 0.25) is 0 Å². The SMILES string of the molecule is c1ccc2c(c1)[nH]c1c2ccc2c3cccc4c5ccc6c7ccccc7[nH]c6c5n(c34)c21. The lowest BCUT2D eigenvalue weighted by molar-refractivity contribution is 1.37. The van der Waals surface area contributed by atoms with Crippen LogP contribution in [0.2, 0.25) is 0 Å². The van der Waals surface area contributed by atoms with Gasteiger partial charge in [-0.25, -0.2) is 0 Å². The van der Waals surface area contributed by atoms with Crippen molar-refractivity contribution in [1.82, 2.24) is 14.4 Å². The van der Waals surface area contributed by atoms with Crippen molar-refractivity contribution >= 4 is 81.7 Å². The molecule has 0 aliphatic rings. The Labute approximate surface area is 187 Å². The lowest BCUT2D eigenvalue weighted by atomic mass is 10.0. The highest BCUT2D eigenvalue weighted by Crippen LogP contribution is 2.44. The molecule has 0 saturated carbocycles. The van der Waals surface area contributed by atoms with E-state index < -0.39 is 0 Å². The quantitative estimate of drug-likeness (QED) is 0.249. The van der Waals surface area contributed by atoms with E-state index in [1.165, 1.54) is 81.7 Å². The Morgan fingerprint density at radius 3 is 1.33 bits per heavy atom. The van der Waals surface area contributed by atoms with E-state index in [9.17, 15) is 0 Å². The molecule has 0 radical (unpaired) electrons. The summed E-state index contributed by atoms with van der Waals surface area (Å²) in [6, 6.07) is 33.1. The molecule has 0 unspecified atom stereocenters. The first kappa shape index (κ1) is 16.2. The third kappa shape index (κ3) is 1.74. The van der Waals surface area contributed by atoms with Gasteiger partial charge in [0.15, 0.2) is 0 Å². The third-order valence-corrected chi connectivity index (χ3v) is 7.60. The number of nitrogens with one attached hydrogen (secondary N) is 2. The molecule has 9 aromatic rings. The molecule has 0 atom stereocenters. The zero-order valence-corrected chi connectivity index (χ0v) is 17.6. The molecule has 0 bridgehead atoms. The van der Waals surface area contributed by atoms with Gasteiger partial charge < -0.3 is 14.4 Å². The summed E-state index contributed by atoms with van der Waals surface area (Å²) in [6.45, 7) is 0. The van der Waals surface area contributed by atoms with Crippen molar-refractivity contribution in [3.8, 4) is 0 Å². The largest absolute Gasteiger partial charge is 0.353 e. The fourth-order valence-electron chi connectivity index (χ4n) is 6.26. The minimum Gasteiger partial charge on any atom is -0.353 e. The molecule has 3 heteroatoms. The molecule has 4 heterocycles. The van der Waals surface area contributed by atoms with E-state index in [4.69, 9.17) is 0 Å². The number of aromatic nitrogens is 3. The second-order valence-corrected chi connectivity index (χ2v) is 9.15. The Balaban J connectivity index is 1.67. The van der Waals surface area contributed by atoms with Crippen LogP contribution in [-0.2, 0) is 0 Å². The van der Waals surface area contributed by atoms with E-state index in [-0.39, 0.29) is 0 Å². The van der Waals surface area contributed by atoms with Crippen LogP contribution in [0.5, 0.6) is 0 Å². The number of H-pyrrole nitrogens is 2. The van der Waals surface area contributed by atoms with Crippen LogP contribution in [-0.4, -0.2) is 14.4 Å². The first-order chi connectivity index (χ1) is 16.4. The van der Waals surface area contributed by atoms with Crippen molar-refractivity contribution < 1.29 is 0 Å². The third-order valence-electron chi connectivity index (χ3n) is 7.60. The monoisotopic (exact) mass is 419 g/mol. The summed E-state index contributed by atoms with van der Waals surface area (Å²) in [5, 5.41) is 10.3. The lowest BCUT2D eigenvalue weighted by Crippen LogP contribution is -1.84. The van der Waals surface area contributed by atoms with Crippen molar-refractivity contribution in [1.29, 1.82) is 0 Å². The molecular weight excluding hydrogens is 402 g/mol. The van der Waals surface area contributed by atoms with Gasteiger partial charge in [0.25, 0.3) is 0 Å². The predicted molar refractivity (Wildman–Crippen MR) is 140 cm³/mol. The Bertz CT molecular complexity index is 2080. The van der Waals surface area contributed by atoms with E-state index in [2.05, 4.69) is 105 Å². The highest BCUT2D eigenvalue weighted by atomic mass is 14.9. The molecule has 2 N–H and O–H groups in total. The summed E-state index contributed by atoms with van der Waals surface area (Å²) in [5.74, 6) is 0. The molecule has 0 amide bonds. The fraction of sp³-hybridized carbons (Fsp3) is 0. The molecule has 0 saturated heterocycles. The first-order valence-electron chi connectivity index (χ1n) is 11.4. The molecule has 0 spiro atoms. The van der Waals surface area contributed by atoms with Gasteiger partial charge >= 0.3 is 0 Å². The molecule has 0 fully saturated rings. The standard InChI is InChI=1S/C30H17N3/c1-3-10-24-16(6-1)18-12-14-22-20-8-5-9-21-23-15-13-19-17-7-2-4-11-25(17)32-27(19)30(23)33(28(20)21)29(22)26(18)31-24/h1-15,31-32H. The summed E-state index contributed by atoms with van der Waals surface area (Å²) in [5.41, 5.74) is 8.60. The molecule has 152 valence electrons. The lowest BCUT2D eigenvalue weighted by Gasteiger charge is -2.01. The predicted octanol–water partition coefficient (Wildman–Crippen LogP) is 8.11. The maximum absolute atomic E-state index is 3.75. The molecule has 0 aliphatic heterocycles. The molecule has 5 aromatic carbocycles. The topological polar surface area (TPSA) is 36.0 Å². The van der Waals surface area contributed by atoms with E-state index >= 15 is 0 Å². The van der Waals surface area contributed by atoms with Crippen LogP contribution in [0, 0.1) is 0 Å². The minimum atomic E-state index is 1.18. The molecule has 3 nitrogen and oxygen atoms in total. The number of rotatable bonds is 0. The molecule has 33 heavy (non-hydrogen) atoms. The van der Waals surface area contributed by atoms with Crippen molar-refractivity contribution in [2.45, 2.75) is 0 Å². The summed E-state index contributed by atoms with van der Waals surface area (Å²) in [4.78, 5) is 7.51. The van der Waals surface area contributed by atoms with Gasteiger partial charge in [-0.2, -0.15) is 0 Å². The smallest absolute Gasteiger partial charge is 0.0784 e. The minimum absolute atomic E-state index is 1.18. The van der Waals surface area contributed by atoms with Crippen molar-refractivity contribution in [2.75, 3.05) is 0 Å². The number of para-hydroxylation sites is 3. The number of fused-ring (bicyclic) bond motifs is 14. The van der Waals surface area contributed by atoms with Crippen LogP contribution >= 0.6 is 0 Å². The number of hydrogen-bond donors (Lipinski definition) is 2. The van der Waals surface area contributed by atoms with Crippen LogP contribution < -0.4 is 0 Å². The van der Waals surface area contributed by atoms with E-state index in [1.54, 1.807) is 0 Å². The molecule has 4 aromatic heterocycles. The zero-order valence-electron chi connectivity index (χ0n) is 17.6. The molecular formula is C30H17N3. The van der Waals surface area contributed by atoms with Gasteiger partial charge in [0, 0.05) is 54.1 Å². The van der Waals surface area contributed by atoms with Crippen LogP contribution in [0.4, 0.5) is 0 Å². The van der Waals surface area contributed by atoms with E-state index in [0.29, 0.717) is 0 Å². The van der Waals surface area contributed by atoms with Crippen molar-refractivity contribution in [3.05, 3.63) is 91.0 Å². The number of benzene rings is 5. The number of aromatic amines is 2. The maximum atomic E-state index is 3.75. The first-order valence-corrected chi connectivity index (χ1v) is 11.4. The highest BCUT2D eigenvalue weighted by Gasteiger charge is 2.22. The van der Waals surface area contributed by atoms with E-state index in [0.717, 1.165) is 0 Å². The van der Waals surface area contributed by atoms with Gasteiger partial charge in [0.05, 0.1) is 27.6 Å². The van der Waals surface area contributed by atoms with E-state index in [1.807, 2.05) is 0 Å². The average molecular weight is 419 g/mol. The van der Waals surface area contributed by atoms with Crippen molar-refractivity contribution in [3.63, 3.8) is 0 Å².